The van der Waals surface area contributed by atoms with E-state index in [1.807, 2.05) is 11.3 Å². The Labute approximate surface area is 127 Å². The van der Waals surface area contributed by atoms with Crippen molar-refractivity contribution in [2.45, 2.75) is 59.8 Å². The van der Waals surface area contributed by atoms with Gasteiger partial charge < -0.3 is 15.2 Å². The fourth-order valence-electron chi connectivity index (χ4n) is 2.16. The number of hydrogen-bond acceptors (Lipinski definition) is 4. The van der Waals surface area contributed by atoms with E-state index in [0.29, 0.717) is 19.1 Å². The highest BCUT2D eigenvalue weighted by atomic mass is 32.1. The molecule has 3 nitrogen and oxygen atoms in total. The van der Waals surface area contributed by atoms with E-state index in [1.165, 1.54) is 15.3 Å². The molecule has 0 fully saturated rings. The lowest BCUT2D eigenvalue weighted by Gasteiger charge is -2.18. The van der Waals surface area contributed by atoms with Crippen LogP contribution in [0.3, 0.4) is 0 Å². The minimum absolute atomic E-state index is 0.215. The zero-order chi connectivity index (χ0) is 15.1. The summed E-state index contributed by atoms with van der Waals surface area (Å²) >= 11 is 1.82. The van der Waals surface area contributed by atoms with Gasteiger partial charge in [-0.05, 0) is 44.7 Å². The van der Waals surface area contributed by atoms with Crippen LogP contribution in [-0.2, 0) is 11.3 Å². The number of rotatable bonds is 9. The molecule has 1 heterocycles. The molecular weight excluding hydrogens is 270 g/mol. The molecule has 0 radical (unpaired) electrons. The Morgan fingerprint density at radius 1 is 1.30 bits per heavy atom. The average molecular weight is 299 g/mol. The Kier molecular flexibility index (Phi) is 7.74. The van der Waals surface area contributed by atoms with E-state index in [1.54, 1.807) is 0 Å². The van der Waals surface area contributed by atoms with Crippen molar-refractivity contribution >= 4 is 11.3 Å². The molecule has 0 saturated carbocycles. The third kappa shape index (κ3) is 6.84. The summed E-state index contributed by atoms with van der Waals surface area (Å²) in [5, 5.41) is 13.2. The van der Waals surface area contributed by atoms with Gasteiger partial charge in [-0.2, -0.15) is 0 Å². The van der Waals surface area contributed by atoms with Gasteiger partial charge in [0.25, 0.3) is 0 Å². The number of hydrogen-bond donors (Lipinski definition) is 2. The van der Waals surface area contributed by atoms with E-state index < -0.39 is 6.10 Å². The number of aliphatic hydroxyl groups is 1. The van der Waals surface area contributed by atoms with Crippen molar-refractivity contribution in [1.29, 1.82) is 0 Å². The second-order valence-electron chi connectivity index (χ2n) is 6.01. The van der Waals surface area contributed by atoms with Crippen LogP contribution in [0.1, 0.15) is 42.5 Å². The van der Waals surface area contributed by atoms with E-state index in [-0.39, 0.29) is 6.10 Å². The first kappa shape index (κ1) is 17.6. The maximum Gasteiger partial charge on any atom is 0.0897 e. The van der Waals surface area contributed by atoms with Gasteiger partial charge >= 0.3 is 0 Å². The number of aryl methyl sites for hydroxylation is 2. The lowest BCUT2D eigenvalue weighted by Crippen LogP contribution is -2.31. The Hall–Kier alpha value is -0.420. The van der Waals surface area contributed by atoms with Crippen LogP contribution in [0.25, 0.3) is 0 Å². The molecule has 0 aromatic carbocycles. The average Bonchev–Trinajstić information content (AvgIpc) is 2.65. The molecule has 0 amide bonds. The van der Waals surface area contributed by atoms with Gasteiger partial charge in [-0.25, -0.2) is 0 Å². The van der Waals surface area contributed by atoms with E-state index >= 15 is 0 Å². The first-order valence-corrected chi connectivity index (χ1v) is 8.26. The summed E-state index contributed by atoms with van der Waals surface area (Å²) in [7, 11) is 0. The Balaban J connectivity index is 2.15. The maximum atomic E-state index is 9.89. The summed E-state index contributed by atoms with van der Waals surface area (Å²) in [4.78, 5) is 2.69. The molecule has 2 unspecified atom stereocenters. The van der Waals surface area contributed by atoms with E-state index in [9.17, 15) is 5.11 Å². The first-order chi connectivity index (χ1) is 9.38. The Morgan fingerprint density at radius 2 is 2.00 bits per heavy atom. The minimum atomic E-state index is -0.438. The second-order valence-corrected chi connectivity index (χ2v) is 7.35. The van der Waals surface area contributed by atoms with Crippen LogP contribution in [0.4, 0.5) is 0 Å². The highest BCUT2D eigenvalue weighted by Crippen LogP contribution is 2.20. The van der Waals surface area contributed by atoms with Crippen molar-refractivity contribution < 1.29 is 9.84 Å². The number of thiophene rings is 1. The Morgan fingerprint density at radius 3 is 2.55 bits per heavy atom. The highest BCUT2D eigenvalue weighted by molar-refractivity contribution is 7.12. The fourth-order valence-corrected chi connectivity index (χ4v) is 3.19. The van der Waals surface area contributed by atoms with Gasteiger partial charge in [-0.1, -0.05) is 13.8 Å². The molecule has 116 valence electrons. The fraction of sp³-hybridized carbons (Fsp3) is 0.750. The Bertz CT molecular complexity index is 370. The van der Waals surface area contributed by atoms with Gasteiger partial charge in [0.05, 0.1) is 18.8 Å². The van der Waals surface area contributed by atoms with Crippen molar-refractivity contribution in [3.8, 4) is 0 Å². The van der Waals surface area contributed by atoms with Crippen molar-refractivity contribution in [2.75, 3.05) is 13.2 Å². The molecule has 20 heavy (non-hydrogen) atoms. The third-order valence-electron chi connectivity index (χ3n) is 3.27. The van der Waals surface area contributed by atoms with Crippen molar-refractivity contribution in [3.63, 3.8) is 0 Å². The third-order valence-corrected chi connectivity index (χ3v) is 4.43. The van der Waals surface area contributed by atoms with Crippen LogP contribution < -0.4 is 5.32 Å². The van der Waals surface area contributed by atoms with Gasteiger partial charge in [-0.3, -0.25) is 0 Å². The minimum Gasteiger partial charge on any atom is -0.389 e. The van der Waals surface area contributed by atoms with E-state index in [0.717, 1.165) is 13.0 Å². The molecule has 0 saturated heterocycles. The summed E-state index contributed by atoms with van der Waals surface area (Å²) in [6.07, 6.45) is 0.812. The molecule has 0 aliphatic heterocycles. The zero-order valence-corrected chi connectivity index (χ0v) is 14.2. The monoisotopic (exact) mass is 299 g/mol. The second kappa shape index (κ2) is 8.78. The summed E-state index contributed by atoms with van der Waals surface area (Å²) in [6.45, 7) is 12.5. The summed E-state index contributed by atoms with van der Waals surface area (Å²) in [5.74, 6) is 0.630. The predicted molar refractivity (Wildman–Crippen MR) is 86.4 cm³/mol. The molecule has 0 spiro atoms. The molecule has 0 aliphatic carbocycles. The van der Waals surface area contributed by atoms with Crippen LogP contribution in [-0.4, -0.2) is 30.5 Å². The summed E-state index contributed by atoms with van der Waals surface area (Å²) < 4.78 is 5.65. The smallest absolute Gasteiger partial charge is 0.0897 e. The quantitative estimate of drug-likeness (QED) is 0.735. The van der Waals surface area contributed by atoms with Gasteiger partial charge in [0.2, 0.25) is 0 Å². The molecular formula is C16H29NO2S. The summed E-state index contributed by atoms with van der Waals surface area (Å²) in [6, 6.07) is 2.21. The largest absolute Gasteiger partial charge is 0.389 e. The molecule has 1 aromatic heterocycles. The van der Waals surface area contributed by atoms with Gasteiger partial charge in [0.1, 0.15) is 0 Å². The van der Waals surface area contributed by atoms with Crippen molar-refractivity contribution in [3.05, 3.63) is 21.4 Å². The summed E-state index contributed by atoms with van der Waals surface area (Å²) in [5.41, 5.74) is 1.35. The van der Waals surface area contributed by atoms with Gasteiger partial charge in [0, 0.05) is 22.8 Å². The normalized spacial score (nSPS) is 14.8. The van der Waals surface area contributed by atoms with Crippen LogP contribution in [0.15, 0.2) is 6.07 Å². The van der Waals surface area contributed by atoms with Crippen LogP contribution in [0.2, 0.25) is 0 Å². The maximum absolute atomic E-state index is 9.89. The van der Waals surface area contributed by atoms with Crippen molar-refractivity contribution in [1.82, 2.24) is 5.32 Å². The molecule has 4 heteroatoms. The highest BCUT2D eigenvalue weighted by Gasteiger charge is 2.10. The lowest BCUT2D eigenvalue weighted by molar-refractivity contribution is -0.00855. The number of nitrogens with one attached hydrogen (secondary N) is 1. The molecule has 1 rings (SSSR count). The van der Waals surface area contributed by atoms with Crippen LogP contribution in [0, 0.1) is 19.8 Å². The van der Waals surface area contributed by atoms with Crippen LogP contribution >= 0.6 is 11.3 Å². The molecule has 1 aromatic rings. The number of aliphatic hydroxyl groups excluding tert-OH is 1. The van der Waals surface area contributed by atoms with Crippen LogP contribution in [0.5, 0.6) is 0 Å². The standard InChI is InChI=1S/C16H29NO2S/c1-11(2)6-13(4)19-10-15(18)8-17-9-16-7-12(3)14(5)20-16/h7,11,13,15,17-18H,6,8-10H2,1-5H3. The SMILES string of the molecule is Cc1cc(CNCC(O)COC(C)CC(C)C)sc1C. The van der Waals surface area contributed by atoms with E-state index in [4.69, 9.17) is 4.74 Å². The molecule has 2 atom stereocenters. The molecule has 0 aliphatic rings. The zero-order valence-electron chi connectivity index (χ0n) is 13.4. The topological polar surface area (TPSA) is 41.5 Å². The van der Waals surface area contributed by atoms with Gasteiger partial charge in [-0.15, -0.1) is 11.3 Å². The molecule has 2 N–H and O–H groups in total. The first-order valence-electron chi connectivity index (χ1n) is 7.44. The van der Waals surface area contributed by atoms with Gasteiger partial charge in [0.15, 0.2) is 0 Å². The molecule has 0 bridgehead atoms. The predicted octanol–water partition coefficient (Wildman–Crippen LogP) is 3.27. The lowest BCUT2D eigenvalue weighted by atomic mass is 10.1. The number of ether oxygens (including phenoxy) is 1. The van der Waals surface area contributed by atoms with E-state index in [2.05, 4.69) is 46.0 Å². The van der Waals surface area contributed by atoms with Crippen molar-refractivity contribution in [2.24, 2.45) is 5.92 Å².